The van der Waals surface area contributed by atoms with Crippen molar-refractivity contribution in [1.29, 1.82) is 0 Å². The average molecular weight is 467 g/mol. The van der Waals surface area contributed by atoms with Crippen LogP contribution >= 0.6 is 0 Å². The number of rotatable bonds is 10. The second-order valence-corrected chi connectivity index (χ2v) is 8.10. The van der Waals surface area contributed by atoms with Gasteiger partial charge < -0.3 is 28.4 Å². The van der Waals surface area contributed by atoms with Crippen LogP contribution in [0, 0.1) is 13.8 Å². The predicted octanol–water partition coefficient (Wildman–Crippen LogP) is 5.54. The third-order valence-electron chi connectivity index (χ3n) is 6.04. The normalized spacial score (nSPS) is 10.6. The Bertz CT molecular complexity index is 1060. The number of methoxy groups -OCH3 is 6. The van der Waals surface area contributed by atoms with Gasteiger partial charge in [-0.2, -0.15) is 0 Å². The van der Waals surface area contributed by atoms with Gasteiger partial charge in [0.1, 0.15) is 34.5 Å². The van der Waals surface area contributed by atoms with Gasteiger partial charge in [-0.3, -0.25) is 0 Å². The van der Waals surface area contributed by atoms with Crippen LogP contribution < -0.4 is 28.4 Å². The van der Waals surface area contributed by atoms with Crippen LogP contribution in [0.25, 0.3) is 0 Å². The number of benzene rings is 3. The van der Waals surface area contributed by atoms with E-state index in [2.05, 4.69) is 0 Å². The Kier molecular flexibility index (Phi) is 8.16. The van der Waals surface area contributed by atoms with E-state index >= 15 is 0 Å². The van der Waals surface area contributed by atoms with Crippen molar-refractivity contribution in [1.82, 2.24) is 0 Å². The van der Waals surface area contributed by atoms with Crippen molar-refractivity contribution in [3.63, 3.8) is 0 Å². The summed E-state index contributed by atoms with van der Waals surface area (Å²) in [6, 6.07) is 12.1. The highest BCUT2D eigenvalue weighted by molar-refractivity contribution is 5.55. The zero-order valence-electron chi connectivity index (χ0n) is 21.3. The van der Waals surface area contributed by atoms with Gasteiger partial charge in [0.15, 0.2) is 0 Å². The largest absolute Gasteiger partial charge is 0.496 e. The molecule has 0 spiro atoms. The first-order chi connectivity index (χ1) is 16.4. The van der Waals surface area contributed by atoms with Crippen LogP contribution in [0.2, 0.25) is 0 Å². The lowest BCUT2D eigenvalue weighted by Crippen LogP contribution is -2.03. The molecule has 0 saturated carbocycles. The van der Waals surface area contributed by atoms with E-state index in [1.807, 2.05) is 50.2 Å². The van der Waals surface area contributed by atoms with Crippen LogP contribution in [0.3, 0.4) is 0 Å². The molecule has 0 fully saturated rings. The molecule has 0 aromatic heterocycles. The van der Waals surface area contributed by atoms with Crippen molar-refractivity contribution in [2.45, 2.75) is 26.7 Å². The van der Waals surface area contributed by atoms with Gasteiger partial charge in [-0.25, -0.2) is 0 Å². The van der Waals surface area contributed by atoms with Crippen LogP contribution in [-0.4, -0.2) is 42.7 Å². The predicted molar refractivity (Wildman–Crippen MR) is 134 cm³/mol. The molecule has 3 rings (SSSR count). The molecule has 0 aliphatic rings. The van der Waals surface area contributed by atoms with Crippen LogP contribution in [-0.2, 0) is 12.8 Å². The number of ether oxygens (including phenoxy) is 6. The molecular weight excluding hydrogens is 432 g/mol. The van der Waals surface area contributed by atoms with Crippen molar-refractivity contribution >= 4 is 0 Å². The molecule has 6 heteroatoms. The summed E-state index contributed by atoms with van der Waals surface area (Å²) in [5.74, 6) is 4.79. The van der Waals surface area contributed by atoms with Crippen molar-refractivity contribution in [3.05, 3.63) is 69.8 Å². The molecule has 0 radical (unpaired) electrons. The first-order valence-corrected chi connectivity index (χ1v) is 11.1. The van der Waals surface area contributed by atoms with Crippen molar-refractivity contribution < 1.29 is 28.4 Å². The third-order valence-corrected chi connectivity index (χ3v) is 6.04. The first-order valence-electron chi connectivity index (χ1n) is 11.1. The number of aryl methyl sites for hydroxylation is 2. The molecule has 0 N–H and O–H groups in total. The fraction of sp³-hybridized carbons (Fsp3) is 0.357. The van der Waals surface area contributed by atoms with E-state index < -0.39 is 0 Å². The molecular formula is C28H34O6. The molecule has 6 nitrogen and oxygen atoms in total. The summed E-state index contributed by atoms with van der Waals surface area (Å²) in [6.45, 7) is 4.00. The molecule has 0 aliphatic heterocycles. The molecule has 0 amide bonds. The zero-order valence-corrected chi connectivity index (χ0v) is 21.3. The molecule has 3 aromatic rings. The maximum atomic E-state index is 5.79. The minimum Gasteiger partial charge on any atom is -0.496 e. The Labute approximate surface area is 202 Å². The Morgan fingerprint density at radius 3 is 0.882 bits per heavy atom. The van der Waals surface area contributed by atoms with Crippen LogP contribution in [0.5, 0.6) is 34.5 Å². The topological polar surface area (TPSA) is 55.4 Å². The van der Waals surface area contributed by atoms with E-state index in [1.165, 1.54) is 0 Å². The molecule has 3 aromatic carbocycles. The minimum absolute atomic E-state index is 0.599. The quantitative estimate of drug-likeness (QED) is 0.391. The van der Waals surface area contributed by atoms with Gasteiger partial charge in [0.2, 0.25) is 0 Å². The summed E-state index contributed by atoms with van der Waals surface area (Å²) in [7, 11) is 10.1. The van der Waals surface area contributed by atoms with E-state index in [0.29, 0.717) is 12.8 Å². The maximum absolute atomic E-state index is 5.79. The fourth-order valence-electron chi connectivity index (χ4n) is 4.21. The summed E-state index contributed by atoms with van der Waals surface area (Å²) < 4.78 is 33.9. The van der Waals surface area contributed by atoms with Crippen molar-refractivity contribution in [2.24, 2.45) is 0 Å². The van der Waals surface area contributed by atoms with Gasteiger partial charge in [-0.1, -0.05) is 0 Å². The van der Waals surface area contributed by atoms with E-state index in [9.17, 15) is 0 Å². The van der Waals surface area contributed by atoms with Crippen molar-refractivity contribution in [2.75, 3.05) is 42.7 Å². The SMILES string of the molecule is COc1cc(Cc2cc(OC)c(Cc3cc(OC)c(C)cc3OC)cc2OC)c(OC)cc1C. The standard InChI is InChI=1S/C28H34O6/c1-17-9-25(31-5)19(13-23(17)29-3)11-21-15-28(34-8)22(16-27(21)33-7)12-20-14-24(30-4)18(2)10-26(20)32-6/h9-10,13-16H,11-12H2,1-8H3. The summed E-state index contributed by atoms with van der Waals surface area (Å²) >= 11 is 0. The Morgan fingerprint density at radius 2 is 0.618 bits per heavy atom. The van der Waals surface area contributed by atoms with Gasteiger partial charge in [0.25, 0.3) is 0 Å². The minimum atomic E-state index is 0.599. The molecule has 0 heterocycles. The third kappa shape index (κ3) is 5.16. The first kappa shape index (κ1) is 25.1. The highest BCUT2D eigenvalue weighted by atomic mass is 16.5. The van der Waals surface area contributed by atoms with Gasteiger partial charge in [-0.15, -0.1) is 0 Å². The zero-order chi connectivity index (χ0) is 24.8. The van der Waals surface area contributed by atoms with E-state index in [4.69, 9.17) is 28.4 Å². The Balaban J connectivity index is 2.04. The summed E-state index contributed by atoms with van der Waals surface area (Å²) in [6.07, 6.45) is 1.20. The van der Waals surface area contributed by atoms with Gasteiger partial charge in [0, 0.05) is 35.1 Å². The molecule has 0 saturated heterocycles. The van der Waals surface area contributed by atoms with E-state index in [0.717, 1.165) is 67.9 Å². The van der Waals surface area contributed by atoms with Crippen molar-refractivity contribution in [3.8, 4) is 34.5 Å². The Hall–Kier alpha value is -3.54. The van der Waals surface area contributed by atoms with E-state index in [-0.39, 0.29) is 0 Å². The lowest BCUT2D eigenvalue weighted by molar-refractivity contribution is 0.390. The number of hydrogen-bond acceptors (Lipinski definition) is 6. The molecule has 34 heavy (non-hydrogen) atoms. The average Bonchev–Trinajstić information content (AvgIpc) is 2.85. The van der Waals surface area contributed by atoms with E-state index in [1.54, 1.807) is 42.7 Å². The highest BCUT2D eigenvalue weighted by Crippen LogP contribution is 2.37. The van der Waals surface area contributed by atoms with Crippen LogP contribution in [0.1, 0.15) is 33.4 Å². The molecule has 182 valence electrons. The molecule has 0 atom stereocenters. The highest BCUT2D eigenvalue weighted by Gasteiger charge is 2.18. The van der Waals surface area contributed by atoms with Crippen LogP contribution in [0.15, 0.2) is 36.4 Å². The molecule has 0 bridgehead atoms. The lowest BCUT2D eigenvalue weighted by atomic mass is 9.96. The monoisotopic (exact) mass is 466 g/mol. The maximum Gasteiger partial charge on any atom is 0.122 e. The fourth-order valence-corrected chi connectivity index (χ4v) is 4.21. The van der Waals surface area contributed by atoms with Gasteiger partial charge in [-0.05, 0) is 61.4 Å². The summed E-state index contributed by atoms with van der Waals surface area (Å²) in [5.41, 5.74) is 6.02. The summed E-state index contributed by atoms with van der Waals surface area (Å²) in [4.78, 5) is 0. The smallest absolute Gasteiger partial charge is 0.122 e. The second kappa shape index (κ2) is 11.1. The molecule has 0 unspecified atom stereocenters. The second-order valence-electron chi connectivity index (χ2n) is 8.10. The lowest BCUT2D eigenvalue weighted by Gasteiger charge is -2.18. The number of hydrogen-bond donors (Lipinski definition) is 0. The molecule has 0 aliphatic carbocycles. The summed E-state index contributed by atoms with van der Waals surface area (Å²) in [5, 5.41) is 0. The van der Waals surface area contributed by atoms with Gasteiger partial charge >= 0.3 is 0 Å². The van der Waals surface area contributed by atoms with Gasteiger partial charge in [0.05, 0.1) is 42.7 Å². The Morgan fingerprint density at radius 1 is 0.382 bits per heavy atom. The van der Waals surface area contributed by atoms with Crippen LogP contribution in [0.4, 0.5) is 0 Å².